The maximum Gasteiger partial charge on any atom is 0.164 e. The Morgan fingerprint density at radius 2 is 1.85 bits per heavy atom. The van der Waals surface area contributed by atoms with Crippen molar-refractivity contribution in [2.75, 3.05) is 5.73 Å². The Bertz CT molecular complexity index is 1360. The standard InChI is InChI=1S/C27H30N4O3/c1-4-17-14-29-15-19-11-12-31(23(17)19)26-25-24(33-27(2,3)34-25)21(32-26)9-6-16-5-7-18-8-10-22(28)30-20(18)13-16/h5,7-8,10-15,21,24-26H,4,6,9H2,1-3H3,(H2,28,30)/t21-,24-,25-,26-/m1/s1. The number of nitrogens with two attached hydrogens (primary N) is 1. The lowest BCUT2D eigenvalue weighted by atomic mass is 10.0. The maximum absolute atomic E-state index is 6.66. The van der Waals surface area contributed by atoms with Crippen molar-refractivity contribution in [1.82, 2.24) is 14.5 Å². The molecule has 0 unspecified atom stereocenters. The molecule has 1 aromatic carbocycles. The molecule has 2 N–H and O–H groups in total. The van der Waals surface area contributed by atoms with E-state index in [2.05, 4.69) is 51.9 Å². The third-order valence-corrected chi connectivity index (χ3v) is 6.97. The fraction of sp³-hybridized carbons (Fsp3) is 0.407. The van der Waals surface area contributed by atoms with E-state index >= 15 is 0 Å². The van der Waals surface area contributed by atoms with Gasteiger partial charge in [0.05, 0.1) is 17.1 Å². The van der Waals surface area contributed by atoms with Crippen LogP contribution in [0.2, 0.25) is 0 Å². The second-order valence-electron chi connectivity index (χ2n) is 9.74. The summed E-state index contributed by atoms with van der Waals surface area (Å²) in [5.74, 6) is -0.105. The van der Waals surface area contributed by atoms with E-state index in [4.69, 9.17) is 19.9 Å². The van der Waals surface area contributed by atoms with E-state index in [9.17, 15) is 0 Å². The minimum absolute atomic E-state index is 0.0781. The smallest absolute Gasteiger partial charge is 0.164 e. The highest BCUT2D eigenvalue weighted by atomic mass is 16.8. The topological polar surface area (TPSA) is 84.4 Å². The zero-order valence-electron chi connectivity index (χ0n) is 19.8. The van der Waals surface area contributed by atoms with Crippen molar-refractivity contribution in [2.45, 2.75) is 70.4 Å². The first-order valence-electron chi connectivity index (χ1n) is 12.0. The van der Waals surface area contributed by atoms with Crippen LogP contribution < -0.4 is 5.73 Å². The number of nitrogen functional groups attached to an aromatic ring is 1. The summed E-state index contributed by atoms with van der Waals surface area (Å²) in [5, 5.41) is 2.20. The van der Waals surface area contributed by atoms with Gasteiger partial charge in [0.25, 0.3) is 0 Å². The van der Waals surface area contributed by atoms with Gasteiger partial charge in [-0.2, -0.15) is 0 Å². The van der Waals surface area contributed by atoms with Crippen molar-refractivity contribution in [2.24, 2.45) is 0 Å². The van der Waals surface area contributed by atoms with E-state index < -0.39 is 5.79 Å². The van der Waals surface area contributed by atoms with Gasteiger partial charge in [-0.3, -0.25) is 4.98 Å². The lowest BCUT2D eigenvalue weighted by Crippen LogP contribution is -2.29. The van der Waals surface area contributed by atoms with E-state index in [1.54, 1.807) is 0 Å². The Balaban J connectivity index is 1.29. The zero-order chi connectivity index (χ0) is 23.4. The minimum Gasteiger partial charge on any atom is -0.384 e. The number of pyridine rings is 2. The fourth-order valence-electron chi connectivity index (χ4n) is 5.42. The zero-order valence-corrected chi connectivity index (χ0v) is 19.8. The number of hydrogen-bond donors (Lipinski definition) is 1. The van der Waals surface area contributed by atoms with Gasteiger partial charge in [0, 0.05) is 29.4 Å². The van der Waals surface area contributed by atoms with Crippen molar-refractivity contribution in [3.05, 3.63) is 66.1 Å². The van der Waals surface area contributed by atoms with Crippen molar-refractivity contribution < 1.29 is 14.2 Å². The molecule has 0 bridgehead atoms. The molecular formula is C27H30N4O3. The molecule has 7 heteroatoms. The summed E-state index contributed by atoms with van der Waals surface area (Å²) in [6.45, 7) is 6.11. The molecule has 34 heavy (non-hydrogen) atoms. The number of rotatable bonds is 5. The van der Waals surface area contributed by atoms with E-state index in [1.807, 2.05) is 38.4 Å². The molecule has 0 aliphatic carbocycles. The lowest BCUT2D eigenvalue weighted by Gasteiger charge is -2.25. The van der Waals surface area contributed by atoms with Gasteiger partial charge in [0.2, 0.25) is 0 Å². The number of nitrogens with zero attached hydrogens (tertiary/aromatic N) is 3. The number of anilines is 1. The predicted molar refractivity (Wildman–Crippen MR) is 131 cm³/mol. The number of aryl methyl sites for hydroxylation is 2. The van der Waals surface area contributed by atoms with Gasteiger partial charge in [0.1, 0.15) is 18.0 Å². The van der Waals surface area contributed by atoms with Crippen molar-refractivity contribution in [1.29, 1.82) is 0 Å². The minimum atomic E-state index is -0.641. The molecular weight excluding hydrogens is 428 g/mol. The van der Waals surface area contributed by atoms with Crippen LogP contribution in [-0.2, 0) is 27.1 Å². The number of fused-ring (bicyclic) bond motifs is 3. The molecule has 176 valence electrons. The highest BCUT2D eigenvalue weighted by Gasteiger charge is 2.55. The first-order valence-corrected chi connectivity index (χ1v) is 12.0. The molecule has 0 amide bonds. The van der Waals surface area contributed by atoms with Crippen LogP contribution in [0.5, 0.6) is 0 Å². The number of hydrogen-bond acceptors (Lipinski definition) is 6. The van der Waals surface area contributed by atoms with Gasteiger partial charge in [0.15, 0.2) is 12.0 Å². The van der Waals surface area contributed by atoms with Crippen LogP contribution in [0.4, 0.5) is 5.82 Å². The van der Waals surface area contributed by atoms with Gasteiger partial charge in [-0.15, -0.1) is 0 Å². The van der Waals surface area contributed by atoms with Crippen molar-refractivity contribution in [3.63, 3.8) is 0 Å². The molecule has 5 heterocycles. The molecule has 7 nitrogen and oxygen atoms in total. The van der Waals surface area contributed by atoms with Gasteiger partial charge >= 0.3 is 0 Å². The van der Waals surface area contributed by atoms with Crippen LogP contribution in [0.1, 0.15) is 44.5 Å². The van der Waals surface area contributed by atoms with Gasteiger partial charge in [-0.25, -0.2) is 4.98 Å². The van der Waals surface area contributed by atoms with Gasteiger partial charge in [-0.1, -0.05) is 19.1 Å². The van der Waals surface area contributed by atoms with Crippen LogP contribution in [0.15, 0.2) is 55.0 Å². The molecule has 3 aromatic heterocycles. The second-order valence-corrected chi connectivity index (χ2v) is 9.74. The highest BCUT2D eigenvalue weighted by molar-refractivity contribution is 5.82. The Labute approximate surface area is 198 Å². The molecule has 0 spiro atoms. The Morgan fingerprint density at radius 3 is 2.71 bits per heavy atom. The Kier molecular flexibility index (Phi) is 5.09. The second kappa shape index (κ2) is 8.05. The molecule has 4 aromatic rings. The molecule has 4 atom stereocenters. The number of ether oxygens (including phenoxy) is 3. The van der Waals surface area contributed by atoms with Crippen molar-refractivity contribution in [3.8, 4) is 0 Å². The van der Waals surface area contributed by atoms with Crippen LogP contribution in [0.25, 0.3) is 21.8 Å². The van der Waals surface area contributed by atoms with Gasteiger partial charge in [-0.05, 0) is 68.5 Å². The molecule has 2 saturated heterocycles. The third kappa shape index (κ3) is 3.64. The summed E-state index contributed by atoms with van der Waals surface area (Å²) >= 11 is 0. The van der Waals surface area contributed by atoms with Crippen LogP contribution in [-0.4, -0.2) is 38.6 Å². The molecule has 0 radical (unpaired) electrons. The van der Waals surface area contributed by atoms with Crippen LogP contribution >= 0.6 is 0 Å². The molecule has 6 rings (SSSR count). The number of aromatic nitrogens is 3. The van der Waals surface area contributed by atoms with Crippen LogP contribution in [0.3, 0.4) is 0 Å². The molecule has 2 aliphatic rings. The lowest BCUT2D eigenvalue weighted by molar-refractivity contribution is -0.196. The molecule has 0 saturated carbocycles. The van der Waals surface area contributed by atoms with E-state index in [1.165, 1.54) is 11.1 Å². The largest absolute Gasteiger partial charge is 0.384 e. The van der Waals surface area contributed by atoms with Crippen molar-refractivity contribution >= 4 is 27.6 Å². The SMILES string of the molecule is CCc1cncc2ccn([C@@H]3O[C@H](CCc4ccc5ccc(N)nc5c4)[C@H]4OC(C)(C)O[C@H]43)c12. The summed E-state index contributed by atoms with van der Waals surface area (Å²) in [6, 6.07) is 12.3. The average Bonchev–Trinajstić information content (AvgIpc) is 3.48. The summed E-state index contributed by atoms with van der Waals surface area (Å²) in [5.41, 5.74) is 10.4. The third-order valence-electron chi connectivity index (χ3n) is 6.97. The van der Waals surface area contributed by atoms with E-state index in [0.29, 0.717) is 5.82 Å². The Hall–Kier alpha value is -3.00. The summed E-state index contributed by atoms with van der Waals surface area (Å²) in [7, 11) is 0. The predicted octanol–water partition coefficient (Wildman–Crippen LogP) is 4.78. The van der Waals surface area contributed by atoms with Gasteiger partial charge < -0.3 is 24.5 Å². The van der Waals surface area contributed by atoms with E-state index in [-0.39, 0.29) is 24.5 Å². The normalized spacial score (nSPS) is 25.9. The molecule has 2 fully saturated rings. The quantitative estimate of drug-likeness (QED) is 0.463. The highest BCUT2D eigenvalue weighted by Crippen LogP contribution is 2.45. The first-order chi connectivity index (χ1) is 16.4. The fourth-order valence-corrected chi connectivity index (χ4v) is 5.42. The number of benzene rings is 1. The summed E-state index contributed by atoms with van der Waals surface area (Å²) in [4.78, 5) is 8.87. The Morgan fingerprint density at radius 1 is 1.03 bits per heavy atom. The monoisotopic (exact) mass is 458 g/mol. The first kappa shape index (κ1) is 21.5. The average molecular weight is 459 g/mol. The van der Waals surface area contributed by atoms with E-state index in [0.717, 1.165) is 41.1 Å². The maximum atomic E-state index is 6.66. The van der Waals surface area contributed by atoms with Crippen LogP contribution in [0, 0.1) is 0 Å². The summed E-state index contributed by atoms with van der Waals surface area (Å²) in [6.07, 6.45) is 7.89. The molecule has 2 aliphatic heterocycles. The summed E-state index contributed by atoms with van der Waals surface area (Å²) < 4.78 is 21.6.